The van der Waals surface area contributed by atoms with Gasteiger partial charge in [-0.15, -0.1) is 0 Å². The van der Waals surface area contributed by atoms with E-state index < -0.39 is 27.7 Å². The Labute approximate surface area is 228 Å². The topological polar surface area (TPSA) is 86.8 Å². The molecule has 0 bridgehead atoms. The molecule has 0 heterocycles. The second kappa shape index (κ2) is 13.4. The molecule has 1 N–H and O–H groups in total. The van der Waals surface area contributed by atoms with Crippen LogP contribution < -0.4 is 9.62 Å². The lowest BCUT2D eigenvalue weighted by Gasteiger charge is -2.31. The molecule has 3 rings (SSSR count). The average molecular weight is 570 g/mol. The number of benzene rings is 2. The Morgan fingerprint density at radius 3 is 2.42 bits per heavy atom. The van der Waals surface area contributed by atoms with Crippen LogP contribution in [0.5, 0.6) is 0 Å². The molecule has 2 aromatic rings. The van der Waals surface area contributed by atoms with Crippen molar-refractivity contribution < 1.29 is 26.8 Å². The van der Waals surface area contributed by atoms with Gasteiger partial charge in [0.2, 0.25) is 21.8 Å². The van der Waals surface area contributed by atoms with Crippen LogP contribution in [0.2, 0.25) is 5.02 Å². The number of sulfonamides is 1. The van der Waals surface area contributed by atoms with Gasteiger partial charge in [-0.1, -0.05) is 43.0 Å². The standard InChI is InChI=1S/C27H34ClF2N3O4S/c1-19(27(35)31-22-10-4-3-5-11-22)32(18-20-8-6-9-21(28)16-20)26(34)12-7-15-33(38(2,36)37)23-13-14-24(29)25(30)17-23/h6,8-9,13-14,16-17,19,22H,3-5,7,10-12,15,18H2,1-2H3,(H,31,35)/t19-/m0/s1. The Morgan fingerprint density at radius 1 is 1.08 bits per heavy atom. The van der Waals surface area contributed by atoms with Gasteiger partial charge in [0.15, 0.2) is 11.6 Å². The summed E-state index contributed by atoms with van der Waals surface area (Å²) in [5, 5.41) is 3.57. The summed E-state index contributed by atoms with van der Waals surface area (Å²) in [6.07, 6.45) is 6.08. The predicted octanol–water partition coefficient (Wildman–Crippen LogP) is 5.03. The van der Waals surface area contributed by atoms with E-state index in [1.54, 1.807) is 25.1 Å². The van der Waals surface area contributed by atoms with Crippen molar-refractivity contribution in [1.29, 1.82) is 0 Å². The fourth-order valence-electron chi connectivity index (χ4n) is 4.63. The van der Waals surface area contributed by atoms with Crippen LogP contribution in [0, 0.1) is 11.6 Å². The molecule has 0 aliphatic heterocycles. The van der Waals surface area contributed by atoms with E-state index in [1.807, 2.05) is 6.07 Å². The molecular formula is C27H34ClF2N3O4S. The summed E-state index contributed by atoms with van der Waals surface area (Å²) in [5.41, 5.74) is 0.720. The second-order valence-corrected chi connectivity index (χ2v) is 12.1. The van der Waals surface area contributed by atoms with Gasteiger partial charge in [-0.3, -0.25) is 13.9 Å². The van der Waals surface area contributed by atoms with Crippen molar-refractivity contribution in [1.82, 2.24) is 10.2 Å². The van der Waals surface area contributed by atoms with Crippen LogP contribution in [0.4, 0.5) is 14.5 Å². The second-order valence-electron chi connectivity index (χ2n) is 9.71. The summed E-state index contributed by atoms with van der Waals surface area (Å²) in [6, 6.07) is 9.17. The summed E-state index contributed by atoms with van der Waals surface area (Å²) in [4.78, 5) is 27.9. The molecule has 7 nitrogen and oxygen atoms in total. The van der Waals surface area contributed by atoms with Gasteiger partial charge in [-0.05, 0) is 56.0 Å². The van der Waals surface area contributed by atoms with Crippen LogP contribution >= 0.6 is 11.6 Å². The Morgan fingerprint density at radius 2 is 1.79 bits per heavy atom. The molecule has 0 aromatic heterocycles. The lowest BCUT2D eigenvalue weighted by atomic mass is 9.95. The van der Waals surface area contributed by atoms with E-state index in [0.29, 0.717) is 5.02 Å². The van der Waals surface area contributed by atoms with Gasteiger partial charge in [0.05, 0.1) is 11.9 Å². The first kappa shape index (κ1) is 29.8. The van der Waals surface area contributed by atoms with Crippen LogP contribution in [0.25, 0.3) is 0 Å². The van der Waals surface area contributed by atoms with Gasteiger partial charge >= 0.3 is 0 Å². The molecule has 208 valence electrons. The first-order valence-electron chi connectivity index (χ1n) is 12.7. The molecule has 1 fully saturated rings. The molecule has 0 unspecified atom stereocenters. The maximum atomic E-state index is 13.7. The molecule has 0 radical (unpaired) electrons. The molecule has 0 spiro atoms. The van der Waals surface area contributed by atoms with Crippen LogP contribution in [0.15, 0.2) is 42.5 Å². The highest BCUT2D eigenvalue weighted by molar-refractivity contribution is 7.92. The molecule has 0 saturated heterocycles. The highest BCUT2D eigenvalue weighted by Gasteiger charge is 2.28. The van der Waals surface area contributed by atoms with Crippen molar-refractivity contribution in [3.05, 3.63) is 64.7 Å². The van der Waals surface area contributed by atoms with Crippen molar-refractivity contribution in [3.8, 4) is 0 Å². The molecule has 1 aliphatic rings. The summed E-state index contributed by atoms with van der Waals surface area (Å²) in [5.74, 6) is -2.84. The van der Waals surface area contributed by atoms with Crippen molar-refractivity contribution >= 4 is 39.1 Å². The number of hydrogen-bond acceptors (Lipinski definition) is 4. The van der Waals surface area contributed by atoms with E-state index in [0.717, 1.165) is 60.4 Å². The minimum absolute atomic E-state index is 0.0325. The highest BCUT2D eigenvalue weighted by Crippen LogP contribution is 2.22. The molecule has 1 atom stereocenters. The maximum absolute atomic E-state index is 13.7. The third kappa shape index (κ3) is 8.39. The van der Waals surface area contributed by atoms with E-state index in [9.17, 15) is 26.8 Å². The van der Waals surface area contributed by atoms with Gasteiger partial charge in [0, 0.05) is 36.6 Å². The Kier molecular flexibility index (Phi) is 10.5. The monoisotopic (exact) mass is 569 g/mol. The molecule has 2 aromatic carbocycles. The number of hydrogen-bond donors (Lipinski definition) is 1. The molecule has 1 aliphatic carbocycles. The van der Waals surface area contributed by atoms with Gasteiger partial charge in [-0.2, -0.15) is 0 Å². The number of amides is 2. The summed E-state index contributed by atoms with van der Waals surface area (Å²) >= 11 is 6.12. The zero-order valence-corrected chi connectivity index (χ0v) is 23.2. The number of carbonyl (C=O) groups is 2. The van der Waals surface area contributed by atoms with Gasteiger partial charge in [0.1, 0.15) is 6.04 Å². The van der Waals surface area contributed by atoms with Crippen LogP contribution in [-0.4, -0.2) is 50.0 Å². The van der Waals surface area contributed by atoms with E-state index in [1.165, 1.54) is 11.0 Å². The number of anilines is 1. The summed E-state index contributed by atoms with van der Waals surface area (Å²) in [7, 11) is -3.82. The lowest BCUT2D eigenvalue weighted by Crippen LogP contribution is -2.50. The Hall–Kier alpha value is -2.72. The predicted molar refractivity (Wildman–Crippen MR) is 144 cm³/mol. The fraction of sp³-hybridized carbons (Fsp3) is 0.481. The first-order chi connectivity index (χ1) is 18.0. The number of nitrogens with one attached hydrogen (secondary N) is 1. The normalized spacial score (nSPS) is 15.1. The maximum Gasteiger partial charge on any atom is 0.242 e. The highest BCUT2D eigenvalue weighted by atomic mass is 35.5. The smallest absolute Gasteiger partial charge is 0.242 e. The van der Waals surface area contributed by atoms with Crippen LogP contribution in [0.3, 0.4) is 0 Å². The minimum atomic E-state index is -3.82. The van der Waals surface area contributed by atoms with E-state index in [4.69, 9.17) is 11.6 Å². The minimum Gasteiger partial charge on any atom is -0.352 e. The largest absolute Gasteiger partial charge is 0.352 e. The molecule has 1 saturated carbocycles. The zero-order chi connectivity index (χ0) is 27.9. The average Bonchev–Trinajstić information content (AvgIpc) is 2.86. The number of halogens is 3. The molecule has 11 heteroatoms. The Balaban J connectivity index is 1.72. The van der Waals surface area contributed by atoms with Crippen molar-refractivity contribution in [2.24, 2.45) is 0 Å². The van der Waals surface area contributed by atoms with Gasteiger partial charge < -0.3 is 10.2 Å². The van der Waals surface area contributed by atoms with Gasteiger partial charge in [-0.25, -0.2) is 17.2 Å². The lowest BCUT2D eigenvalue weighted by molar-refractivity contribution is -0.141. The summed E-state index contributed by atoms with van der Waals surface area (Å²) in [6.45, 7) is 1.70. The van der Waals surface area contributed by atoms with Crippen LogP contribution in [0.1, 0.15) is 57.4 Å². The fourth-order valence-corrected chi connectivity index (χ4v) is 5.80. The Bertz CT molecular complexity index is 1240. The number of carbonyl (C=O) groups excluding carboxylic acids is 2. The SMILES string of the molecule is C[C@@H](C(=O)NC1CCCCC1)N(Cc1cccc(Cl)c1)C(=O)CCCN(c1ccc(F)c(F)c1)S(C)(=O)=O. The van der Waals surface area contributed by atoms with E-state index in [-0.39, 0.29) is 49.5 Å². The van der Waals surface area contributed by atoms with Crippen LogP contribution in [-0.2, 0) is 26.2 Å². The zero-order valence-electron chi connectivity index (χ0n) is 21.6. The third-order valence-electron chi connectivity index (χ3n) is 6.70. The third-order valence-corrected chi connectivity index (χ3v) is 8.13. The quantitative estimate of drug-likeness (QED) is 0.411. The number of rotatable bonds is 11. The number of nitrogens with zero attached hydrogens (tertiary/aromatic N) is 2. The van der Waals surface area contributed by atoms with E-state index >= 15 is 0 Å². The molecule has 38 heavy (non-hydrogen) atoms. The van der Waals surface area contributed by atoms with Crippen molar-refractivity contribution in [2.75, 3.05) is 17.1 Å². The molecule has 2 amide bonds. The summed E-state index contributed by atoms with van der Waals surface area (Å²) < 4.78 is 52.7. The van der Waals surface area contributed by atoms with E-state index in [2.05, 4.69) is 5.32 Å². The van der Waals surface area contributed by atoms with Crippen molar-refractivity contribution in [3.63, 3.8) is 0 Å². The van der Waals surface area contributed by atoms with Crippen molar-refractivity contribution in [2.45, 2.75) is 70.5 Å². The van der Waals surface area contributed by atoms with Gasteiger partial charge in [0.25, 0.3) is 0 Å². The molecular weight excluding hydrogens is 536 g/mol. The first-order valence-corrected chi connectivity index (χ1v) is 15.0.